The number of nitrogens with zero attached hydrogens (tertiary/aromatic N) is 1. The molecule has 0 aliphatic carbocycles. The second kappa shape index (κ2) is 4.14. The number of hydrogen-bond donors (Lipinski definition) is 3. The van der Waals surface area contributed by atoms with Crippen LogP contribution in [0.5, 0.6) is 0 Å². The number of rotatable bonds is 3. The van der Waals surface area contributed by atoms with Gasteiger partial charge < -0.3 is 10.1 Å². The van der Waals surface area contributed by atoms with Crippen molar-refractivity contribution in [3.63, 3.8) is 0 Å². The molecule has 0 aromatic carbocycles. The topological polar surface area (TPSA) is 78.0 Å². The average Bonchev–Trinajstić information content (AvgIpc) is 2.64. The van der Waals surface area contributed by atoms with Crippen LogP contribution in [0.25, 0.3) is 0 Å². The normalized spacial score (nSPS) is 28.1. The lowest BCUT2D eigenvalue weighted by atomic mass is 9.80. The molecule has 0 radical (unpaired) electrons. The molecule has 1 aromatic heterocycles. The van der Waals surface area contributed by atoms with Gasteiger partial charge >= 0.3 is 5.97 Å². The fourth-order valence-corrected chi connectivity index (χ4v) is 2.71. The first-order valence-electron chi connectivity index (χ1n) is 5.99. The Hall–Kier alpha value is -1.36. The predicted molar refractivity (Wildman–Crippen MR) is 63.7 cm³/mol. The molecule has 5 heteroatoms. The number of aromatic nitrogens is 2. The largest absolute Gasteiger partial charge is 0.480 e. The van der Waals surface area contributed by atoms with Crippen molar-refractivity contribution < 1.29 is 9.90 Å². The number of nitrogens with one attached hydrogen (secondary N) is 2. The monoisotopic (exact) mass is 237 g/mol. The van der Waals surface area contributed by atoms with E-state index in [4.69, 9.17) is 0 Å². The molecule has 0 amide bonds. The van der Waals surface area contributed by atoms with Gasteiger partial charge in [0.25, 0.3) is 0 Å². The van der Waals surface area contributed by atoms with E-state index in [0.717, 1.165) is 12.1 Å². The van der Waals surface area contributed by atoms with Gasteiger partial charge in [0, 0.05) is 18.2 Å². The van der Waals surface area contributed by atoms with E-state index in [9.17, 15) is 9.90 Å². The van der Waals surface area contributed by atoms with E-state index in [-0.39, 0.29) is 12.0 Å². The number of aliphatic carboxylic acids is 1. The number of imidazole rings is 1. The van der Waals surface area contributed by atoms with Crippen LogP contribution in [0.15, 0.2) is 6.33 Å². The highest BCUT2D eigenvalue weighted by Gasteiger charge is 2.47. The van der Waals surface area contributed by atoms with Crippen molar-refractivity contribution in [1.82, 2.24) is 15.3 Å². The lowest BCUT2D eigenvalue weighted by Gasteiger charge is -2.38. The number of H-pyrrole nitrogens is 1. The number of carboxylic acids is 1. The van der Waals surface area contributed by atoms with Crippen LogP contribution in [0.2, 0.25) is 0 Å². The molecular weight excluding hydrogens is 218 g/mol. The molecule has 0 saturated heterocycles. The SMILES string of the molecule is CC(C)C[C@@]1(C(=O)O)N[C@@H](C)Cc2[nH]cnc21. The summed E-state index contributed by atoms with van der Waals surface area (Å²) in [5.74, 6) is -0.556. The third-order valence-electron chi connectivity index (χ3n) is 3.21. The third-order valence-corrected chi connectivity index (χ3v) is 3.21. The molecule has 1 aliphatic heterocycles. The zero-order valence-corrected chi connectivity index (χ0v) is 10.4. The number of aromatic amines is 1. The first kappa shape index (κ1) is 12.1. The number of fused-ring (bicyclic) bond motifs is 1. The Balaban J connectivity index is 2.49. The Morgan fingerprint density at radius 1 is 1.71 bits per heavy atom. The minimum absolute atomic E-state index is 0.137. The van der Waals surface area contributed by atoms with Crippen LogP contribution in [0.4, 0.5) is 0 Å². The summed E-state index contributed by atoms with van der Waals surface area (Å²) >= 11 is 0. The summed E-state index contributed by atoms with van der Waals surface area (Å²) in [5.41, 5.74) is 0.553. The number of carboxylic acid groups (broad SMARTS) is 1. The Morgan fingerprint density at radius 3 is 3.00 bits per heavy atom. The smallest absolute Gasteiger partial charge is 0.330 e. The van der Waals surface area contributed by atoms with Crippen LogP contribution in [-0.4, -0.2) is 27.1 Å². The molecule has 94 valence electrons. The molecule has 0 fully saturated rings. The highest BCUT2D eigenvalue weighted by Crippen LogP contribution is 2.34. The Kier molecular flexibility index (Phi) is 2.95. The third kappa shape index (κ3) is 1.95. The Bertz CT molecular complexity index is 427. The minimum atomic E-state index is -1.04. The molecule has 0 bridgehead atoms. The zero-order chi connectivity index (χ0) is 12.6. The Morgan fingerprint density at radius 2 is 2.41 bits per heavy atom. The molecule has 1 aromatic rings. The van der Waals surface area contributed by atoms with Crippen LogP contribution in [0, 0.1) is 5.92 Å². The summed E-state index contributed by atoms with van der Waals surface area (Å²) in [6.45, 7) is 6.05. The highest BCUT2D eigenvalue weighted by molar-refractivity contribution is 5.81. The molecule has 1 aliphatic rings. The molecule has 3 N–H and O–H groups in total. The van der Waals surface area contributed by atoms with Crippen molar-refractivity contribution in [1.29, 1.82) is 0 Å². The van der Waals surface area contributed by atoms with Crippen LogP contribution < -0.4 is 5.32 Å². The van der Waals surface area contributed by atoms with Crippen LogP contribution in [-0.2, 0) is 16.8 Å². The molecule has 5 nitrogen and oxygen atoms in total. The van der Waals surface area contributed by atoms with Crippen molar-refractivity contribution >= 4 is 5.97 Å². The van der Waals surface area contributed by atoms with Crippen molar-refractivity contribution in [2.24, 2.45) is 5.92 Å². The molecule has 2 heterocycles. The lowest BCUT2D eigenvalue weighted by molar-refractivity contribution is -0.147. The maximum atomic E-state index is 11.7. The Labute approximate surface area is 101 Å². The average molecular weight is 237 g/mol. The summed E-state index contributed by atoms with van der Waals surface area (Å²) in [5, 5.41) is 12.8. The van der Waals surface area contributed by atoms with E-state index in [1.807, 2.05) is 20.8 Å². The summed E-state index contributed by atoms with van der Waals surface area (Å²) < 4.78 is 0. The van der Waals surface area contributed by atoms with Gasteiger partial charge in [-0.2, -0.15) is 0 Å². The van der Waals surface area contributed by atoms with Gasteiger partial charge in [0.05, 0.1) is 12.0 Å². The summed E-state index contributed by atoms with van der Waals surface area (Å²) in [7, 11) is 0. The van der Waals surface area contributed by atoms with Gasteiger partial charge in [0.15, 0.2) is 5.54 Å². The van der Waals surface area contributed by atoms with Crippen molar-refractivity contribution in [2.45, 2.75) is 45.2 Å². The molecule has 0 spiro atoms. The van der Waals surface area contributed by atoms with Crippen molar-refractivity contribution in [2.75, 3.05) is 0 Å². The van der Waals surface area contributed by atoms with E-state index >= 15 is 0 Å². The minimum Gasteiger partial charge on any atom is -0.480 e. The molecule has 17 heavy (non-hydrogen) atoms. The van der Waals surface area contributed by atoms with Gasteiger partial charge in [-0.1, -0.05) is 13.8 Å². The molecular formula is C12H19N3O2. The standard InChI is InChI=1S/C12H19N3O2/c1-7(2)5-12(11(16)17)10-9(13-6-14-10)4-8(3)15-12/h6-8,15H,4-5H2,1-3H3,(H,13,14)(H,16,17)/t8-,12+/m0/s1. The van der Waals surface area contributed by atoms with E-state index in [2.05, 4.69) is 15.3 Å². The second-order valence-corrected chi connectivity index (χ2v) is 5.29. The predicted octanol–water partition coefficient (Wildman–Crippen LogP) is 1.27. The van der Waals surface area contributed by atoms with Gasteiger partial charge in [0.1, 0.15) is 0 Å². The molecule has 2 rings (SSSR count). The fraction of sp³-hybridized carbons (Fsp3) is 0.667. The van der Waals surface area contributed by atoms with Gasteiger partial charge in [0.2, 0.25) is 0 Å². The van der Waals surface area contributed by atoms with Crippen LogP contribution in [0.1, 0.15) is 38.6 Å². The first-order valence-corrected chi connectivity index (χ1v) is 5.99. The van der Waals surface area contributed by atoms with E-state index in [0.29, 0.717) is 12.1 Å². The first-order chi connectivity index (χ1) is 7.95. The number of carbonyl (C=O) groups is 1. The summed E-state index contributed by atoms with van der Waals surface area (Å²) in [6, 6.07) is 0.137. The number of hydrogen-bond acceptors (Lipinski definition) is 3. The van der Waals surface area contributed by atoms with Gasteiger partial charge in [-0.3, -0.25) is 5.32 Å². The van der Waals surface area contributed by atoms with Crippen molar-refractivity contribution in [3.05, 3.63) is 17.7 Å². The maximum absolute atomic E-state index is 11.7. The molecule has 2 atom stereocenters. The van der Waals surface area contributed by atoms with E-state index in [1.165, 1.54) is 0 Å². The van der Waals surface area contributed by atoms with Crippen molar-refractivity contribution in [3.8, 4) is 0 Å². The second-order valence-electron chi connectivity index (χ2n) is 5.29. The highest BCUT2D eigenvalue weighted by atomic mass is 16.4. The zero-order valence-electron chi connectivity index (χ0n) is 10.4. The maximum Gasteiger partial charge on any atom is 0.330 e. The fourth-order valence-electron chi connectivity index (χ4n) is 2.71. The molecule has 0 saturated carbocycles. The van der Waals surface area contributed by atoms with Gasteiger partial charge in [-0.25, -0.2) is 9.78 Å². The molecule has 0 unspecified atom stereocenters. The van der Waals surface area contributed by atoms with E-state index in [1.54, 1.807) is 6.33 Å². The van der Waals surface area contributed by atoms with Gasteiger partial charge in [-0.05, 0) is 19.3 Å². The van der Waals surface area contributed by atoms with Gasteiger partial charge in [-0.15, -0.1) is 0 Å². The van der Waals surface area contributed by atoms with Crippen LogP contribution >= 0.6 is 0 Å². The van der Waals surface area contributed by atoms with E-state index < -0.39 is 11.5 Å². The lowest BCUT2D eigenvalue weighted by Crippen LogP contribution is -2.57. The summed E-state index contributed by atoms with van der Waals surface area (Å²) in [6.07, 6.45) is 2.93. The quantitative estimate of drug-likeness (QED) is 0.739. The summed E-state index contributed by atoms with van der Waals surface area (Å²) in [4.78, 5) is 19.0. The van der Waals surface area contributed by atoms with Crippen LogP contribution in [0.3, 0.4) is 0 Å².